The Morgan fingerprint density at radius 1 is 1.00 bits per heavy atom. The number of hydrogen-bond donors (Lipinski definition) is 1. The Morgan fingerprint density at radius 3 is 2.29 bits per heavy atom. The third kappa shape index (κ3) is 3.66. The molecule has 0 saturated carbocycles. The molecule has 2 N–H and O–H groups in total. The van der Waals surface area contributed by atoms with E-state index in [9.17, 15) is 8.42 Å². The second-order valence-corrected chi connectivity index (χ2v) is 6.43. The van der Waals surface area contributed by atoms with Crippen molar-refractivity contribution in [2.24, 2.45) is 0 Å². The summed E-state index contributed by atoms with van der Waals surface area (Å²) in [4.78, 5) is 0.133. The van der Waals surface area contributed by atoms with Crippen LogP contribution in [0.1, 0.15) is 0 Å². The van der Waals surface area contributed by atoms with Gasteiger partial charge in [0, 0.05) is 0 Å². The summed E-state index contributed by atoms with van der Waals surface area (Å²) in [7, 11) is -1.94. The first-order valence-corrected chi connectivity index (χ1v) is 8.03. The lowest BCUT2D eigenvalue weighted by molar-refractivity contribution is 0.311. The molecule has 0 fully saturated rings. The summed E-state index contributed by atoms with van der Waals surface area (Å²) in [5.41, 5.74) is 5.94. The lowest BCUT2D eigenvalue weighted by Gasteiger charge is -2.11. The van der Waals surface area contributed by atoms with Gasteiger partial charge >= 0.3 is 0 Å². The molecule has 112 valence electrons. The SMILES string of the molecule is COc1ccccc1OCCS(=O)(=O)c1ccccc1N. The molecule has 0 bridgehead atoms. The van der Waals surface area contributed by atoms with Crippen LogP contribution in [-0.4, -0.2) is 27.9 Å². The monoisotopic (exact) mass is 307 g/mol. The van der Waals surface area contributed by atoms with Gasteiger partial charge < -0.3 is 15.2 Å². The van der Waals surface area contributed by atoms with Crippen molar-refractivity contribution in [1.82, 2.24) is 0 Å². The average molecular weight is 307 g/mol. The maximum absolute atomic E-state index is 12.2. The van der Waals surface area contributed by atoms with E-state index in [0.717, 1.165) is 0 Å². The van der Waals surface area contributed by atoms with Crippen LogP contribution < -0.4 is 15.2 Å². The molecule has 21 heavy (non-hydrogen) atoms. The topological polar surface area (TPSA) is 78.6 Å². The van der Waals surface area contributed by atoms with Crippen molar-refractivity contribution in [1.29, 1.82) is 0 Å². The van der Waals surface area contributed by atoms with E-state index in [2.05, 4.69) is 0 Å². The molecule has 0 amide bonds. The average Bonchev–Trinajstić information content (AvgIpc) is 2.48. The Bertz CT molecular complexity index is 713. The number of nitrogens with two attached hydrogens (primary N) is 1. The highest BCUT2D eigenvalue weighted by Gasteiger charge is 2.17. The molecular weight excluding hydrogens is 290 g/mol. The first-order chi connectivity index (χ1) is 10.0. The summed E-state index contributed by atoms with van der Waals surface area (Å²) < 4.78 is 35.0. The summed E-state index contributed by atoms with van der Waals surface area (Å²) in [5, 5.41) is 0. The predicted molar refractivity (Wildman–Crippen MR) is 81.4 cm³/mol. The molecule has 2 aromatic carbocycles. The van der Waals surface area contributed by atoms with Gasteiger partial charge in [0.1, 0.15) is 6.61 Å². The molecule has 0 aliphatic carbocycles. The molecule has 0 heterocycles. The van der Waals surface area contributed by atoms with Crippen LogP contribution in [0, 0.1) is 0 Å². The Balaban J connectivity index is 2.05. The number of nitrogen functional groups attached to an aromatic ring is 1. The van der Waals surface area contributed by atoms with Gasteiger partial charge in [-0.15, -0.1) is 0 Å². The van der Waals surface area contributed by atoms with Crippen molar-refractivity contribution in [2.45, 2.75) is 4.90 Å². The highest BCUT2D eigenvalue weighted by molar-refractivity contribution is 7.91. The Hall–Kier alpha value is -2.21. The first-order valence-electron chi connectivity index (χ1n) is 6.37. The highest BCUT2D eigenvalue weighted by Crippen LogP contribution is 2.26. The van der Waals surface area contributed by atoms with Crippen LogP contribution in [0.15, 0.2) is 53.4 Å². The molecule has 2 rings (SSSR count). The lowest BCUT2D eigenvalue weighted by atomic mass is 10.3. The van der Waals surface area contributed by atoms with Crippen LogP contribution in [0.2, 0.25) is 0 Å². The number of methoxy groups -OCH3 is 1. The van der Waals surface area contributed by atoms with Crippen LogP contribution in [0.25, 0.3) is 0 Å². The van der Waals surface area contributed by atoms with Crippen molar-refractivity contribution in [3.05, 3.63) is 48.5 Å². The maximum atomic E-state index is 12.2. The molecule has 2 aromatic rings. The molecular formula is C15H17NO4S. The van der Waals surface area contributed by atoms with Gasteiger partial charge in [0.05, 0.1) is 23.4 Å². The van der Waals surface area contributed by atoms with Gasteiger partial charge in [0.15, 0.2) is 21.3 Å². The predicted octanol–water partition coefficient (Wildman–Crippen LogP) is 2.13. The summed E-state index contributed by atoms with van der Waals surface area (Å²) in [6, 6.07) is 13.5. The van der Waals surface area contributed by atoms with Gasteiger partial charge in [-0.2, -0.15) is 0 Å². The quantitative estimate of drug-likeness (QED) is 0.827. The summed E-state index contributed by atoms with van der Waals surface area (Å²) in [6.45, 7) is 0.0248. The first kappa shape index (κ1) is 15.2. The molecule has 0 aliphatic rings. The molecule has 0 saturated heterocycles. The van der Waals surface area contributed by atoms with Gasteiger partial charge in [0.25, 0.3) is 0 Å². The van der Waals surface area contributed by atoms with Crippen molar-refractivity contribution < 1.29 is 17.9 Å². The Kier molecular flexibility index (Phi) is 4.70. The molecule has 5 nitrogen and oxygen atoms in total. The maximum Gasteiger partial charge on any atom is 0.183 e. The van der Waals surface area contributed by atoms with E-state index in [1.807, 2.05) is 6.07 Å². The van der Waals surface area contributed by atoms with Gasteiger partial charge in [-0.05, 0) is 24.3 Å². The lowest BCUT2D eigenvalue weighted by Crippen LogP contribution is -2.15. The van der Waals surface area contributed by atoms with Crippen molar-refractivity contribution in [3.8, 4) is 11.5 Å². The van der Waals surface area contributed by atoms with Gasteiger partial charge in [-0.3, -0.25) is 0 Å². The minimum absolute atomic E-state index is 0.0248. The van der Waals surface area contributed by atoms with E-state index in [1.165, 1.54) is 13.2 Å². The highest BCUT2D eigenvalue weighted by atomic mass is 32.2. The van der Waals surface area contributed by atoms with Gasteiger partial charge in [0.2, 0.25) is 0 Å². The third-order valence-electron chi connectivity index (χ3n) is 2.93. The zero-order valence-corrected chi connectivity index (χ0v) is 12.5. The van der Waals surface area contributed by atoms with Crippen molar-refractivity contribution in [2.75, 3.05) is 25.2 Å². The zero-order valence-electron chi connectivity index (χ0n) is 11.7. The summed E-state index contributed by atoms with van der Waals surface area (Å²) >= 11 is 0. The Labute approximate surface area is 124 Å². The van der Waals surface area contributed by atoms with Crippen LogP contribution in [-0.2, 0) is 9.84 Å². The number of sulfone groups is 1. The Morgan fingerprint density at radius 2 is 1.62 bits per heavy atom. The largest absolute Gasteiger partial charge is 0.493 e. The molecule has 0 spiro atoms. The summed E-state index contributed by atoms with van der Waals surface area (Å²) in [5.74, 6) is 0.921. The second-order valence-electron chi connectivity index (χ2n) is 4.36. The fourth-order valence-corrected chi connectivity index (χ4v) is 3.11. The number of hydrogen-bond acceptors (Lipinski definition) is 5. The second kappa shape index (κ2) is 6.49. The minimum atomic E-state index is -3.47. The number of ether oxygens (including phenoxy) is 2. The number of para-hydroxylation sites is 3. The summed E-state index contributed by atoms with van der Waals surface area (Å²) in [6.07, 6.45) is 0. The van der Waals surface area contributed by atoms with Crippen molar-refractivity contribution >= 4 is 15.5 Å². The molecule has 6 heteroatoms. The zero-order chi connectivity index (χ0) is 15.3. The number of benzene rings is 2. The van der Waals surface area contributed by atoms with Gasteiger partial charge in [-0.25, -0.2) is 8.42 Å². The molecule has 0 unspecified atom stereocenters. The van der Waals surface area contributed by atoms with E-state index in [-0.39, 0.29) is 22.9 Å². The van der Waals surface area contributed by atoms with E-state index in [4.69, 9.17) is 15.2 Å². The van der Waals surface area contributed by atoms with Crippen LogP contribution in [0.3, 0.4) is 0 Å². The molecule has 0 radical (unpaired) electrons. The number of anilines is 1. The fourth-order valence-electron chi connectivity index (χ4n) is 1.87. The number of rotatable bonds is 6. The van der Waals surface area contributed by atoms with E-state index >= 15 is 0 Å². The van der Waals surface area contributed by atoms with Crippen molar-refractivity contribution in [3.63, 3.8) is 0 Å². The van der Waals surface area contributed by atoms with E-state index in [1.54, 1.807) is 36.4 Å². The normalized spacial score (nSPS) is 11.1. The molecule has 0 atom stereocenters. The molecule has 0 aliphatic heterocycles. The van der Waals surface area contributed by atoms with Crippen LogP contribution >= 0.6 is 0 Å². The van der Waals surface area contributed by atoms with E-state index < -0.39 is 9.84 Å². The standard InChI is InChI=1S/C15H17NO4S/c1-19-13-7-3-4-8-14(13)20-10-11-21(17,18)15-9-5-2-6-12(15)16/h2-9H,10-11,16H2,1H3. The van der Waals surface area contributed by atoms with Gasteiger partial charge in [-0.1, -0.05) is 24.3 Å². The molecule has 0 aromatic heterocycles. The van der Waals surface area contributed by atoms with E-state index in [0.29, 0.717) is 11.5 Å². The van der Waals surface area contributed by atoms with Crippen LogP contribution in [0.4, 0.5) is 5.69 Å². The minimum Gasteiger partial charge on any atom is -0.493 e. The van der Waals surface area contributed by atoms with Crippen LogP contribution in [0.5, 0.6) is 11.5 Å². The fraction of sp³-hybridized carbons (Fsp3) is 0.200. The smallest absolute Gasteiger partial charge is 0.183 e. The third-order valence-corrected chi connectivity index (χ3v) is 4.68.